The Kier molecular flexibility index (Phi) is 6.86. The van der Waals surface area contributed by atoms with Crippen molar-refractivity contribution < 1.29 is 13.2 Å². The number of amides is 1. The van der Waals surface area contributed by atoms with Gasteiger partial charge in [-0.05, 0) is 62.2 Å². The summed E-state index contributed by atoms with van der Waals surface area (Å²) in [6.45, 7) is 4.95. The van der Waals surface area contributed by atoms with E-state index in [1.54, 1.807) is 25.1 Å². The standard InChI is InChI=1S/C26H28ClN3O3S/c1-4-29-24-11-6-5-9-20(24)21-17-19(14-15-25(21)29)28-26(31)13-8-16-30(34(3,32)33)23-12-7-10-22(27)18(23)2/h5-7,9-12,14-15,17H,4,8,13,16H2,1-3H3,(H,28,31). The maximum Gasteiger partial charge on any atom is 0.232 e. The molecule has 0 spiro atoms. The summed E-state index contributed by atoms with van der Waals surface area (Å²) in [6.07, 6.45) is 1.73. The number of nitrogens with zero attached hydrogens (tertiary/aromatic N) is 2. The molecule has 0 radical (unpaired) electrons. The Hall–Kier alpha value is -3.03. The van der Waals surface area contributed by atoms with Gasteiger partial charge in [0.25, 0.3) is 0 Å². The predicted molar refractivity (Wildman–Crippen MR) is 141 cm³/mol. The van der Waals surface area contributed by atoms with Crippen LogP contribution >= 0.6 is 11.6 Å². The van der Waals surface area contributed by atoms with Crippen molar-refractivity contribution in [2.45, 2.75) is 33.2 Å². The quantitative estimate of drug-likeness (QED) is 0.326. The number of aryl methyl sites for hydroxylation is 1. The molecule has 8 heteroatoms. The second-order valence-corrected chi connectivity index (χ2v) is 10.7. The SMILES string of the molecule is CCn1c2ccccc2c2cc(NC(=O)CCCN(c3cccc(Cl)c3C)S(C)(=O)=O)ccc21. The maximum absolute atomic E-state index is 12.7. The van der Waals surface area contributed by atoms with Gasteiger partial charge in [0.05, 0.1) is 11.9 Å². The van der Waals surface area contributed by atoms with Crippen molar-refractivity contribution in [2.75, 3.05) is 22.4 Å². The molecule has 178 valence electrons. The largest absolute Gasteiger partial charge is 0.341 e. The zero-order chi connectivity index (χ0) is 24.5. The Morgan fingerprint density at radius 2 is 1.76 bits per heavy atom. The highest BCUT2D eigenvalue weighted by Gasteiger charge is 2.20. The number of fused-ring (bicyclic) bond motifs is 3. The molecule has 6 nitrogen and oxygen atoms in total. The molecule has 1 heterocycles. The second-order valence-electron chi connectivity index (χ2n) is 8.36. The highest BCUT2D eigenvalue weighted by molar-refractivity contribution is 7.92. The van der Waals surface area contributed by atoms with Crippen LogP contribution in [0.15, 0.2) is 60.7 Å². The lowest BCUT2D eigenvalue weighted by atomic mass is 10.1. The number of hydrogen-bond donors (Lipinski definition) is 1. The Morgan fingerprint density at radius 1 is 1.03 bits per heavy atom. The van der Waals surface area contributed by atoms with Gasteiger partial charge in [-0.1, -0.05) is 35.9 Å². The fraction of sp³-hybridized carbons (Fsp3) is 0.269. The molecule has 0 aliphatic carbocycles. The van der Waals surface area contributed by atoms with E-state index in [1.165, 1.54) is 9.82 Å². The minimum atomic E-state index is -3.52. The van der Waals surface area contributed by atoms with Crippen LogP contribution < -0.4 is 9.62 Å². The van der Waals surface area contributed by atoms with Crippen molar-refractivity contribution in [1.82, 2.24) is 4.57 Å². The molecular formula is C26H28ClN3O3S. The molecule has 3 aromatic carbocycles. The molecule has 0 unspecified atom stereocenters. The molecule has 0 fully saturated rings. The fourth-order valence-electron chi connectivity index (χ4n) is 4.41. The Balaban J connectivity index is 1.47. The number of sulfonamides is 1. The summed E-state index contributed by atoms with van der Waals surface area (Å²) >= 11 is 6.18. The lowest BCUT2D eigenvalue weighted by molar-refractivity contribution is -0.116. The molecule has 0 bridgehead atoms. The lowest BCUT2D eigenvalue weighted by Gasteiger charge is -2.24. The number of aromatic nitrogens is 1. The molecule has 1 aromatic heterocycles. The van der Waals surface area contributed by atoms with Crippen molar-refractivity contribution in [2.24, 2.45) is 0 Å². The topological polar surface area (TPSA) is 71.4 Å². The van der Waals surface area contributed by atoms with Gasteiger partial charge in [-0.25, -0.2) is 8.42 Å². The van der Waals surface area contributed by atoms with E-state index in [0.717, 1.165) is 34.8 Å². The molecule has 0 saturated carbocycles. The monoisotopic (exact) mass is 497 g/mol. The zero-order valence-corrected chi connectivity index (χ0v) is 21.1. The van der Waals surface area contributed by atoms with Crippen molar-refractivity contribution in [3.63, 3.8) is 0 Å². The van der Waals surface area contributed by atoms with Gasteiger partial charge in [0, 0.05) is 52.0 Å². The maximum atomic E-state index is 12.7. The van der Waals surface area contributed by atoms with Crippen LogP contribution in [0.5, 0.6) is 0 Å². The smallest absolute Gasteiger partial charge is 0.232 e. The minimum Gasteiger partial charge on any atom is -0.341 e. The van der Waals surface area contributed by atoms with Crippen LogP contribution in [0, 0.1) is 6.92 Å². The van der Waals surface area contributed by atoms with Gasteiger partial charge in [-0.15, -0.1) is 0 Å². The Labute approximate surface area is 205 Å². The van der Waals surface area contributed by atoms with Gasteiger partial charge >= 0.3 is 0 Å². The third-order valence-corrected chi connectivity index (χ3v) is 7.63. The van der Waals surface area contributed by atoms with E-state index in [1.807, 2.05) is 30.3 Å². The molecule has 34 heavy (non-hydrogen) atoms. The average Bonchev–Trinajstić information content (AvgIpc) is 3.11. The number of carbonyl (C=O) groups excluding carboxylic acids is 1. The highest BCUT2D eigenvalue weighted by Crippen LogP contribution is 2.31. The third kappa shape index (κ3) is 4.76. The van der Waals surface area contributed by atoms with E-state index in [-0.39, 0.29) is 18.9 Å². The summed E-state index contributed by atoms with van der Waals surface area (Å²) in [4.78, 5) is 12.7. The van der Waals surface area contributed by atoms with Crippen LogP contribution in [0.1, 0.15) is 25.3 Å². The van der Waals surface area contributed by atoms with E-state index >= 15 is 0 Å². The summed E-state index contributed by atoms with van der Waals surface area (Å²) < 4.78 is 28.4. The molecule has 1 N–H and O–H groups in total. The summed E-state index contributed by atoms with van der Waals surface area (Å²) in [5.74, 6) is -0.158. The van der Waals surface area contributed by atoms with Gasteiger partial charge in [-0.3, -0.25) is 9.10 Å². The molecule has 0 saturated heterocycles. The first-order valence-corrected chi connectivity index (χ1v) is 13.5. The number of nitrogens with one attached hydrogen (secondary N) is 1. The van der Waals surface area contributed by atoms with E-state index in [0.29, 0.717) is 22.7 Å². The molecule has 0 aliphatic heterocycles. The van der Waals surface area contributed by atoms with E-state index in [2.05, 4.69) is 28.9 Å². The van der Waals surface area contributed by atoms with Gasteiger partial charge in [-0.2, -0.15) is 0 Å². The van der Waals surface area contributed by atoms with Crippen molar-refractivity contribution in [3.05, 3.63) is 71.2 Å². The van der Waals surface area contributed by atoms with Gasteiger partial charge < -0.3 is 9.88 Å². The predicted octanol–water partition coefficient (Wildman–Crippen LogP) is 5.96. The normalized spacial score (nSPS) is 11.8. The highest BCUT2D eigenvalue weighted by atomic mass is 35.5. The van der Waals surface area contributed by atoms with Gasteiger partial charge in [0.2, 0.25) is 15.9 Å². The average molecular weight is 498 g/mol. The Bertz CT molecular complexity index is 1480. The van der Waals surface area contributed by atoms with Gasteiger partial charge in [0.15, 0.2) is 0 Å². The first kappa shape index (κ1) is 24.1. The van der Waals surface area contributed by atoms with E-state index in [4.69, 9.17) is 11.6 Å². The first-order valence-electron chi connectivity index (χ1n) is 11.2. The molecule has 4 aromatic rings. The molecule has 0 aliphatic rings. The Morgan fingerprint density at radius 3 is 2.50 bits per heavy atom. The number of rotatable bonds is 8. The number of anilines is 2. The first-order chi connectivity index (χ1) is 16.2. The number of halogens is 1. The summed E-state index contributed by atoms with van der Waals surface area (Å²) in [6, 6.07) is 19.3. The van der Waals surface area contributed by atoms with Crippen LogP contribution in [-0.4, -0.2) is 31.7 Å². The summed E-state index contributed by atoms with van der Waals surface area (Å²) in [5, 5.41) is 5.71. The summed E-state index contributed by atoms with van der Waals surface area (Å²) in [7, 11) is -3.52. The summed E-state index contributed by atoms with van der Waals surface area (Å²) in [5.41, 5.74) is 4.25. The number of para-hydroxylation sites is 1. The van der Waals surface area contributed by atoms with E-state index in [9.17, 15) is 13.2 Å². The van der Waals surface area contributed by atoms with Gasteiger partial charge in [0.1, 0.15) is 0 Å². The van der Waals surface area contributed by atoms with Crippen LogP contribution in [0.4, 0.5) is 11.4 Å². The van der Waals surface area contributed by atoms with Crippen LogP contribution in [0.2, 0.25) is 5.02 Å². The number of carbonyl (C=O) groups is 1. The fourth-order valence-corrected chi connectivity index (χ4v) is 5.60. The van der Waals surface area contributed by atoms with Crippen molar-refractivity contribution in [3.8, 4) is 0 Å². The molecular weight excluding hydrogens is 470 g/mol. The molecule has 4 rings (SSSR count). The number of benzene rings is 3. The molecule has 0 atom stereocenters. The zero-order valence-electron chi connectivity index (χ0n) is 19.5. The van der Waals surface area contributed by atoms with Crippen LogP contribution in [-0.2, 0) is 21.4 Å². The second kappa shape index (κ2) is 9.68. The third-order valence-electron chi connectivity index (χ3n) is 6.05. The van der Waals surface area contributed by atoms with Crippen molar-refractivity contribution >= 4 is 60.7 Å². The van der Waals surface area contributed by atoms with Crippen molar-refractivity contribution in [1.29, 1.82) is 0 Å². The lowest BCUT2D eigenvalue weighted by Crippen LogP contribution is -2.32. The van der Waals surface area contributed by atoms with Crippen LogP contribution in [0.3, 0.4) is 0 Å². The molecule has 1 amide bonds. The van der Waals surface area contributed by atoms with Crippen LogP contribution in [0.25, 0.3) is 21.8 Å². The number of hydrogen-bond acceptors (Lipinski definition) is 3. The minimum absolute atomic E-state index is 0.158. The van der Waals surface area contributed by atoms with E-state index < -0.39 is 10.0 Å².